The maximum Gasteiger partial charge on any atom is 0.111 e. The zero-order chi connectivity index (χ0) is 12.4. The predicted octanol–water partition coefficient (Wildman–Crippen LogP) is 0.551. The van der Waals surface area contributed by atoms with Crippen molar-refractivity contribution in [1.82, 2.24) is 14.5 Å². The molecular formula is C13H22N4O. The third-order valence-electron chi connectivity index (χ3n) is 3.97. The minimum atomic E-state index is 0.135. The summed E-state index contributed by atoms with van der Waals surface area (Å²) in [6.07, 6.45) is 6.53. The monoisotopic (exact) mass is 250 g/mol. The van der Waals surface area contributed by atoms with Gasteiger partial charge in [-0.25, -0.2) is 4.98 Å². The van der Waals surface area contributed by atoms with E-state index < -0.39 is 0 Å². The molecule has 0 radical (unpaired) electrons. The van der Waals surface area contributed by atoms with Crippen molar-refractivity contribution in [2.24, 2.45) is 5.73 Å². The van der Waals surface area contributed by atoms with Crippen LogP contribution >= 0.6 is 0 Å². The fourth-order valence-corrected chi connectivity index (χ4v) is 2.92. The Morgan fingerprint density at radius 3 is 3.06 bits per heavy atom. The van der Waals surface area contributed by atoms with Gasteiger partial charge < -0.3 is 15.0 Å². The molecule has 1 fully saturated rings. The first-order valence-corrected chi connectivity index (χ1v) is 6.95. The summed E-state index contributed by atoms with van der Waals surface area (Å²) in [6, 6.07) is 0. The van der Waals surface area contributed by atoms with E-state index in [1.165, 1.54) is 12.1 Å². The van der Waals surface area contributed by atoms with E-state index in [-0.39, 0.29) is 6.17 Å². The van der Waals surface area contributed by atoms with Gasteiger partial charge in [0, 0.05) is 37.9 Å². The van der Waals surface area contributed by atoms with Crippen LogP contribution in [0.25, 0.3) is 0 Å². The third-order valence-corrected chi connectivity index (χ3v) is 3.97. The molecule has 2 N–H and O–H groups in total. The Kier molecular flexibility index (Phi) is 3.63. The first kappa shape index (κ1) is 12.1. The average Bonchev–Trinajstić information content (AvgIpc) is 2.82. The molecule has 0 aliphatic carbocycles. The van der Waals surface area contributed by atoms with Crippen molar-refractivity contribution < 1.29 is 4.74 Å². The Morgan fingerprint density at radius 2 is 2.22 bits per heavy atom. The number of imidazole rings is 1. The number of nitrogens with zero attached hydrogens (tertiary/aromatic N) is 3. The molecule has 0 amide bonds. The minimum absolute atomic E-state index is 0.135. The standard InChI is InChI=1S/C13H22N4O/c14-12-3-1-2-11-10-15-13(17(11)12)4-5-16-6-8-18-9-7-16/h10,12H,1-9,14H2. The number of fused-ring (bicyclic) bond motifs is 1. The molecule has 0 spiro atoms. The molecule has 1 unspecified atom stereocenters. The Balaban J connectivity index is 1.64. The van der Waals surface area contributed by atoms with Crippen LogP contribution in [0.1, 0.15) is 30.5 Å². The molecule has 18 heavy (non-hydrogen) atoms. The SMILES string of the molecule is NC1CCCc2cnc(CCN3CCOCC3)n21. The van der Waals surface area contributed by atoms with Gasteiger partial charge in [-0.05, 0) is 19.3 Å². The van der Waals surface area contributed by atoms with Crippen molar-refractivity contribution in [2.45, 2.75) is 31.8 Å². The smallest absolute Gasteiger partial charge is 0.111 e. The van der Waals surface area contributed by atoms with Crippen molar-refractivity contribution in [2.75, 3.05) is 32.8 Å². The summed E-state index contributed by atoms with van der Waals surface area (Å²) in [7, 11) is 0. The fourth-order valence-electron chi connectivity index (χ4n) is 2.92. The molecule has 5 heteroatoms. The summed E-state index contributed by atoms with van der Waals surface area (Å²) in [6.45, 7) is 4.87. The summed E-state index contributed by atoms with van der Waals surface area (Å²) in [5, 5.41) is 0. The van der Waals surface area contributed by atoms with Crippen molar-refractivity contribution in [1.29, 1.82) is 0 Å². The van der Waals surface area contributed by atoms with Gasteiger partial charge >= 0.3 is 0 Å². The summed E-state index contributed by atoms with van der Waals surface area (Å²) in [4.78, 5) is 7.00. The Labute approximate surface area is 108 Å². The number of aryl methyl sites for hydroxylation is 1. The second-order valence-corrected chi connectivity index (χ2v) is 5.20. The molecule has 2 aliphatic heterocycles. The van der Waals surface area contributed by atoms with Gasteiger partial charge in [-0.1, -0.05) is 0 Å². The highest BCUT2D eigenvalue weighted by atomic mass is 16.5. The maximum absolute atomic E-state index is 6.19. The van der Waals surface area contributed by atoms with Crippen LogP contribution in [0.2, 0.25) is 0 Å². The van der Waals surface area contributed by atoms with Crippen LogP contribution < -0.4 is 5.73 Å². The predicted molar refractivity (Wildman–Crippen MR) is 69.4 cm³/mol. The highest BCUT2D eigenvalue weighted by Crippen LogP contribution is 2.23. The number of hydrogen-bond acceptors (Lipinski definition) is 4. The molecular weight excluding hydrogens is 228 g/mol. The first-order valence-electron chi connectivity index (χ1n) is 6.95. The van der Waals surface area contributed by atoms with Crippen LogP contribution in [0.5, 0.6) is 0 Å². The van der Waals surface area contributed by atoms with Crippen molar-refractivity contribution in [3.63, 3.8) is 0 Å². The van der Waals surface area contributed by atoms with Gasteiger partial charge in [-0.15, -0.1) is 0 Å². The van der Waals surface area contributed by atoms with Crippen LogP contribution in [-0.2, 0) is 17.6 Å². The van der Waals surface area contributed by atoms with Gasteiger partial charge in [-0.2, -0.15) is 0 Å². The van der Waals surface area contributed by atoms with E-state index in [0.717, 1.165) is 57.9 Å². The highest BCUT2D eigenvalue weighted by Gasteiger charge is 2.20. The summed E-state index contributed by atoms with van der Waals surface area (Å²) >= 11 is 0. The van der Waals surface area contributed by atoms with Gasteiger partial charge in [0.25, 0.3) is 0 Å². The third kappa shape index (κ3) is 2.43. The molecule has 1 atom stereocenters. The number of ether oxygens (including phenoxy) is 1. The Hall–Kier alpha value is -0.910. The molecule has 0 bridgehead atoms. The zero-order valence-electron chi connectivity index (χ0n) is 10.8. The number of rotatable bonds is 3. The quantitative estimate of drug-likeness (QED) is 0.851. The lowest BCUT2D eigenvalue weighted by Gasteiger charge is -2.27. The Bertz CT molecular complexity index is 398. The lowest BCUT2D eigenvalue weighted by Crippen LogP contribution is -2.38. The number of morpholine rings is 1. The number of hydrogen-bond donors (Lipinski definition) is 1. The van der Waals surface area contributed by atoms with E-state index in [0.29, 0.717) is 0 Å². The van der Waals surface area contributed by atoms with Crippen molar-refractivity contribution in [3.05, 3.63) is 17.7 Å². The van der Waals surface area contributed by atoms with Crippen LogP contribution in [0, 0.1) is 0 Å². The summed E-state index contributed by atoms with van der Waals surface area (Å²) in [5.74, 6) is 1.16. The van der Waals surface area contributed by atoms with Crippen LogP contribution in [0.4, 0.5) is 0 Å². The molecule has 5 nitrogen and oxygen atoms in total. The normalized spacial score (nSPS) is 25.1. The van der Waals surface area contributed by atoms with E-state index in [9.17, 15) is 0 Å². The molecule has 3 heterocycles. The van der Waals surface area contributed by atoms with Gasteiger partial charge in [0.1, 0.15) is 5.82 Å². The van der Waals surface area contributed by atoms with Gasteiger partial charge in [0.15, 0.2) is 0 Å². The van der Waals surface area contributed by atoms with Crippen molar-refractivity contribution in [3.8, 4) is 0 Å². The number of aromatic nitrogens is 2. The topological polar surface area (TPSA) is 56.3 Å². The van der Waals surface area contributed by atoms with Crippen LogP contribution in [0.3, 0.4) is 0 Å². The second kappa shape index (κ2) is 5.38. The summed E-state index contributed by atoms with van der Waals surface area (Å²) < 4.78 is 7.62. The van der Waals surface area contributed by atoms with Gasteiger partial charge in [-0.3, -0.25) is 4.90 Å². The molecule has 3 rings (SSSR count). The molecule has 1 saturated heterocycles. The molecule has 0 aromatic carbocycles. The second-order valence-electron chi connectivity index (χ2n) is 5.20. The van der Waals surface area contributed by atoms with E-state index in [1.54, 1.807) is 0 Å². The fraction of sp³-hybridized carbons (Fsp3) is 0.769. The lowest BCUT2D eigenvalue weighted by atomic mass is 10.1. The lowest BCUT2D eigenvalue weighted by molar-refractivity contribution is 0.0380. The molecule has 1 aromatic rings. The van der Waals surface area contributed by atoms with Crippen LogP contribution in [-0.4, -0.2) is 47.3 Å². The van der Waals surface area contributed by atoms with Gasteiger partial charge in [0.2, 0.25) is 0 Å². The van der Waals surface area contributed by atoms with Crippen molar-refractivity contribution >= 4 is 0 Å². The average molecular weight is 250 g/mol. The molecule has 0 saturated carbocycles. The minimum Gasteiger partial charge on any atom is -0.379 e. The molecule has 2 aliphatic rings. The van der Waals surface area contributed by atoms with E-state index in [2.05, 4.69) is 14.5 Å². The van der Waals surface area contributed by atoms with E-state index in [4.69, 9.17) is 10.5 Å². The molecule has 1 aromatic heterocycles. The first-order chi connectivity index (χ1) is 8.84. The van der Waals surface area contributed by atoms with Crippen LogP contribution in [0.15, 0.2) is 6.20 Å². The number of nitrogens with two attached hydrogens (primary N) is 1. The Morgan fingerprint density at radius 1 is 1.39 bits per heavy atom. The maximum atomic E-state index is 6.19. The van der Waals surface area contributed by atoms with E-state index in [1.807, 2.05) is 6.20 Å². The summed E-state index contributed by atoms with van der Waals surface area (Å²) in [5.41, 5.74) is 7.50. The zero-order valence-corrected chi connectivity index (χ0v) is 10.8. The van der Waals surface area contributed by atoms with E-state index >= 15 is 0 Å². The van der Waals surface area contributed by atoms with Gasteiger partial charge in [0.05, 0.1) is 19.4 Å². The highest BCUT2D eigenvalue weighted by molar-refractivity contribution is 5.10. The molecule has 100 valence electrons. The largest absolute Gasteiger partial charge is 0.379 e.